The van der Waals surface area contributed by atoms with Crippen LogP contribution in [0.3, 0.4) is 0 Å². The van der Waals surface area contributed by atoms with E-state index < -0.39 is 6.03 Å². The van der Waals surface area contributed by atoms with Gasteiger partial charge in [-0.05, 0) is 36.8 Å². The second kappa shape index (κ2) is 10.5. The summed E-state index contributed by atoms with van der Waals surface area (Å²) in [5.74, 6) is 0.185. The Morgan fingerprint density at radius 2 is 1.93 bits per heavy atom. The lowest BCUT2D eigenvalue weighted by Gasteiger charge is -2.18. The van der Waals surface area contributed by atoms with Gasteiger partial charge in [-0.2, -0.15) is 4.37 Å². The molecule has 1 aromatic carbocycles. The van der Waals surface area contributed by atoms with Crippen molar-refractivity contribution < 1.29 is 14.3 Å². The van der Waals surface area contributed by atoms with Gasteiger partial charge in [0.25, 0.3) is 5.91 Å². The highest BCUT2D eigenvalue weighted by Gasteiger charge is 2.14. The van der Waals surface area contributed by atoms with Gasteiger partial charge >= 0.3 is 6.03 Å². The monoisotopic (exact) mass is 391 g/mol. The molecule has 146 valence electrons. The van der Waals surface area contributed by atoms with E-state index in [0.717, 1.165) is 19.6 Å². The predicted octanol–water partition coefficient (Wildman–Crippen LogP) is 2.87. The molecule has 1 heterocycles. The molecular formula is C18H25N5O3S. The zero-order chi connectivity index (χ0) is 19.6. The maximum Gasteiger partial charge on any atom is 0.323 e. The summed E-state index contributed by atoms with van der Waals surface area (Å²) in [6, 6.07) is 4.51. The molecule has 0 unspecified atom stereocenters. The van der Waals surface area contributed by atoms with E-state index in [1.54, 1.807) is 29.8 Å². The van der Waals surface area contributed by atoms with E-state index in [2.05, 4.69) is 39.1 Å². The standard InChI is InChI=1S/C18H25N5O3S/c1-4-23(5-2)9-8-19-17(24)15-7-6-13(10-16(15)26-3)21-18(25)22-14-11-20-27-12-14/h6-7,10-12H,4-5,8-9H2,1-3H3,(H,19,24)(H2,21,22,25). The van der Waals surface area contributed by atoms with Crippen molar-refractivity contribution in [1.82, 2.24) is 14.6 Å². The minimum absolute atomic E-state index is 0.209. The van der Waals surface area contributed by atoms with Gasteiger partial charge in [-0.3, -0.25) is 4.79 Å². The number of carbonyl (C=O) groups excluding carboxylic acids is 2. The van der Waals surface area contributed by atoms with E-state index in [0.29, 0.717) is 29.2 Å². The SMILES string of the molecule is CCN(CC)CCNC(=O)c1ccc(NC(=O)Nc2cnsc2)cc1OC. The van der Waals surface area contributed by atoms with Crippen molar-refractivity contribution in [2.45, 2.75) is 13.8 Å². The summed E-state index contributed by atoms with van der Waals surface area (Å²) in [6.45, 7) is 7.41. The van der Waals surface area contributed by atoms with Gasteiger partial charge in [0.05, 0.1) is 24.6 Å². The number of likely N-dealkylation sites (N-methyl/N-ethyl adjacent to an activating group) is 1. The highest BCUT2D eigenvalue weighted by atomic mass is 32.1. The summed E-state index contributed by atoms with van der Waals surface area (Å²) < 4.78 is 9.23. The van der Waals surface area contributed by atoms with Crippen molar-refractivity contribution in [2.75, 3.05) is 43.9 Å². The molecule has 0 aliphatic rings. The quantitative estimate of drug-likeness (QED) is 0.611. The number of aromatic nitrogens is 1. The Morgan fingerprint density at radius 1 is 1.19 bits per heavy atom. The summed E-state index contributed by atoms with van der Waals surface area (Å²) in [4.78, 5) is 26.6. The van der Waals surface area contributed by atoms with Gasteiger partial charge in [-0.1, -0.05) is 13.8 Å². The first-order valence-electron chi connectivity index (χ1n) is 8.73. The molecule has 2 aromatic rings. The molecule has 1 aromatic heterocycles. The van der Waals surface area contributed by atoms with E-state index in [9.17, 15) is 9.59 Å². The van der Waals surface area contributed by atoms with Crippen LogP contribution in [0.25, 0.3) is 0 Å². The third kappa shape index (κ3) is 6.22. The van der Waals surface area contributed by atoms with E-state index >= 15 is 0 Å². The third-order valence-corrected chi connectivity index (χ3v) is 4.59. The van der Waals surface area contributed by atoms with Crippen LogP contribution in [0.1, 0.15) is 24.2 Å². The first kappa shape index (κ1) is 20.7. The largest absolute Gasteiger partial charge is 0.496 e. The van der Waals surface area contributed by atoms with Crippen molar-refractivity contribution >= 4 is 34.8 Å². The Labute approximate surface area is 163 Å². The first-order valence-corrected chi connectivity index (χ1v) is 9.57. The number of hydrogen-bond donors (Lipinski definition) is 3. The van der Waals surface area contributed by atoms with Gasteiger partial charge in [-0.25, -0.2) is 4.79 Å². The highest BCUT2D eigenvalue weighted by molar-refractivity contribution is 7.04. The Kier molecular flexibility index (Phi) is 8.02. The van der Waals surface area contributed by atoms with Crippen LogP contribution in [0.4, 0.5) is 16.2 Å². The summed E-state index contributed by atoms with van der Waals surface area (Å²) >= 11 is 1.25. The van der Waals surface area contributed by atoms with Crippen molar-refractivity contribution in [3.8, 4) is 5.75 Å². The molecule has 0 spiro atoms. The zero-order valence-corrected chi connectivity index (χ0v) is 16.6. The Balaban J connectivity index is 1.96. The number of nitrogens with zero attached hydrogens (tertiary/aromatic N) is 2. The normalized spacial score (nSPS) is 10.5. The van der Waals surface area contributed by atoms with Crippen molar-refractivity contribution in [1.29, 1.82) is 0 Å². The lowest BCUT2D eigenvalue weighted by molar-refractivity contribution is 0.0946. The van der Waals surface area contributed by atoms with Crippen LogP contribution >= 0.6 is 11.5 Å². The number of methoxy groups -OCH3 is 1. The van der Waals surface area contributed by atoms with Gasteiger partial charge in [0.2, 0.25) is 0 Å². The fraction of sp³-hybridized carbons (Fsp3) is 0.389. The maximum atomic E-state index is 12.4. The highest BCUT2D eigenvalue weighted by Crippen LogP contribution is 2.23. The summed E-state index contributed by atoms with van der Waals surface area (Å²) in [5, 5.41) is 10.00. The minimum Gasteiger partial charge on any atom is -0.496 e. The zero-order valence-electron chi connectivity index (χ0n) is 15.7. The van der Waals surface area contributed by atoms with Crippen molar-refractivity contribution in [3.05, 3.63) is 35.3 Å². The number of carbonyl (C=O) groups is 2. The van der Waals surface area contributed by atoms with E-state index in [1.165, 1.54) is 18.6 Å². The Morgan fingerprint density at radius 3 is 2.56 bits per heavy atom. The topological polar surface area (TPSA) is 95.6 Å². The third-order valence-electron chi connectivity index (χ3n) is 4.00. The van der Waals surface area contributed by atoms with Gasteiger partial charge in [-0.15, -0.1) is 0 Å². The van der Waals surface area contributed by atoms with Gasteiger partial charge in [0.15, 0.2) is 0 Å². The van der Waals surface area contributed by atoms with Crippen molar-refractivity contribution in [2.24, 2.45) is 0 Å². The number of anilines is 2. The lowest BCUT2D eigenvalue weighted by atomic mass is 10.1. The molecule has 0 aliphatic carbocycles. The van der Waals surface area contributed by atoms with Crippen molar-refractivity contribution in [3.63, 3.8) is 0 Å². The fourth-order valence-corrected chi connectivity index (χ4v) is 2.95. The van der Waals surface area contributed by atoms with Crippen LogP contribution in [-0.2, 0) is 0 Å². The Hall–Kier alpha value is -2.65. The maximum absolute atomic E-state index is 12.4. The lowest BCUT2D eigenvalue weighted by Crippen LogP contribution is -2.34. The van der Waals surface area contributed by atoms with Crippen LogP contribution in [0.15, 0.2) is 29.8 Å². The number of benzene rings is 1. The molecule has 3 N–H and O–H groups in total. The minimum atomic E-state index is -0.395. The van der Waals surface area contributed by atoms with Crippen LogP contribution in [0.5, 0.6) is 5.75 Å². The number of rotatable bonds is 9. The first-order chi connectivity index (χ1) is 13.1. The second-order valence-corrected chi connectivity index (χ2v) is 6.35. The van der Waals surface area contributed by atoms with Gasteiger partial charge in [0, 0.05) is 30.2 Å². The molecule has 0 radical (unpaired) electrons. The summed E-state index contributed by atoms with van der Waals surface area (Å²) in [6.07, 6.45) is 1.57. The number of ether oxygens (including phenoxy) is 1. The summed E-state index contributed by atoms with van der Waals surface area (Å²) in [5.41, 5.74) is 1.56. The molecule has 0 bridgehead atoms. The molecule has 0 aliphatic heterocycles. The molecule has 8 nitrogen and oxygen atoms in total. The average Bonchev–Trinajstić information content (AvgIpc) is 3.17. The Bertz CT molecular complexity index is 747. The average molecular weight is 391 g/mol. The van der Waals surface area contributed by atoms with Crippen LogP contribution in [0.2, 0.25) is 0 Å². The molecule has 0 saturated heterocycles. The second-order valence-electron chi connectivity index (χ2n) is 5.69. The number of hydrogen-bond acceptors (Lipinski definition) is 6. The molecule has 3 amide bonds. The van der Waals surface area contributed by atoms with Gasteiger partial charge in [0.1, 0.15) is 5.75 Å². The number of amides is 3. The van der Waals surface area contributed by atoms with E-state index in [1.807, 2.05) is 0 Å². The molecular weight excluding hydrogens is 366 g/mol. The van der Waals surface area contributed by atoms with Crippen LogP contribution < -0.4 is 20.7 Å². The number of nitrogens with one attached hydrogen (secondary N) is 3. The molecule has 2 rings (SSSR count). The number of urea groups is 1. The molecule has 0 atom stereocenters. The predicted molar refractivity (Wildman–Crippen MR) is 108 cm³/mol. The van der Waals surface area contributed by atoms with E-state index in [-0.39, 0.29) is 5.91 Å². The molecule has 0 saturated carbocycles. The van der Waals surface area contributed by atoms with Gasteiger partial charge < -0.3 is 25.6 Å². The molecule has 9 heteroatoms. The van der Waals surface area contributed by atoms with Crippen LogP contribution in [0, 0.1) is 0 Å². The molecule has 0 fully saturated rings. The summed E-state index contributed by atoms with van der Waals surface area (Å²) in [7, 11) is 1.49. The fourth-order valence-electron chi connectivity index (χ4n) is 2.48. The smallest absolute Gasteiger partial charge is 0.323 e. The van der Waals surface area contributed by atoms with Crippen LogP contribution in [-0.4, -0.2) is 54.5 Å². The van der Waals surface area contributed by atoms with E-state index in [4.69, 9.17) is 4.74 Å². The molecule has 27 heavy (non-hydrogen) atoms.